The van der Waals surface area contributed by atoms with E-state index in [9.17, 15) is 10.2 Å². The molecule has 0 bridgehead atoms. The van der Waals surface area contributed by atoms with Crippen LogP contribution in [-0.2, 0) is 0 Å². The fourth-order valence-corrected chi connectivity index (χ4v) is 7.10. The molecule has 112 valence electrons. The van der Waals surface area contributed by atoms with Gasteiger partial charge in [-0.25, -0.2) is 0 Å². The molecule has 0 heterocycles. The van der Waals surface area contributed by atoms with Crippen LogP contribution in [0.15, 0.2) is 25.3 Å². The molecule has 3 aliphatic carbocycles. The maximum absolute atomic E-state index is 11.2. The molecule has 3 saturated carbocycles. The maximum Gasteiger partial charge on any atom is 0.0747 e. The first-order valence-electron chi connectivity index (χ1n) is 7.91. The van der Waals surface area contributed by atoms with Crippen LogP contribution in [0, 0.1) is 28.6 Å². The lowest BCUT2D eigenvalue weighted by molar-refractivity contribution is -0.0734. The van der Waals surface area contributed by atoms with Crippen LogP contribution >= 0.6 is 0 Å². The lowest BCUT2D eigenvalue weighted by Crippen LogP contribution is -2.44. The monoisotopic (exact) mass is 276 g/mol. The highest BCUT2D eigenvalue weighted by Gasteiger charge is 2.93. The molecule has 0 aromatic carbocycles. The van der Waals surface area contributed by atoms with Gasteiger partial charge in [0.05, 0.1) is 11.2 Å². The predicted octanol–water partition coefficient (Wildman–Crippen LogP) is 3.30. The van der Waals surface area contributed by atoms with E-state index in [0.29, 0.717) is 24.7 Å². The first-order valence-corrected chi connectivity index (χ1v) is 7.91. The van der Waals surface area contributed by atoms with Gasteiger partial charge in [-0.1, -0.05) is 32.9 Å². The first-order chi connectivity index (χ1) is 9.24. The summed E-state index contributed by atoms with van der Waals surface area (Å²) < 4.78 is 0. The zero-order valence-corrected chi connectivity index (χ0v) is 13.0. The highest BCUT2D eigenvalue weighted by atomic mass is 16.3. The molecule has 3 aliphatic rings. The van der Waals surface area contributed by atoms with Crippen molar-refractivity contribution < 1.29 is 10.2 Å². The van der Waals surface area contributed by atoms with Crippen molar-refractivity contribution in [2.24, 2.45) is 28.6 Å². The van der Waals surface area contributed by atoms with Crippen LogP contribution in [0.25, 0.3) is 0 Å². The van der Waals surface area contributed by atoms with Crippen LogP contribution in [-0.4, -0.2) is 21.4 Å². The molecule has 0 aromatic rings. The van der Waals surface area contributed by atoms with E-state index in [1.54, 1.807) is 0 Å². The average Bonchev–Trinajstić information content (AvgIpc) is 2.78. The third-order valence-electron chi connectivity index (χ3n) is 7.29. The van der Waals surface area contributed by atoms with E-state index in [1.165, 1.54) is 0 Å². The van der Waals surface area contributed by atoms with Crippen LogP contribution in [0.4, 0.5) is 0 Å². The van der Waals surface area contributed by atoms with Gasteiger partial charge in [0.25, 0.3) is 0 Å². The summed E-state index contributed by atoms with van der Waals surface area (Å²) in [7, 11) is 0. The Hall–Kier alpha value is -0.600. The van der Waals surface area contributed by atoms with E-state index in [0.717, 1.165) is 12.8 Å². The lowest BCUT2D eigenvalue weighted by atomic mass is 9.72. The minimum Gasteiger partial charge on any atom is -0.389 e. The molecule has 1 unspecified atom stereocenters. The van der Waals surface area contributed by atoms with Gasteiger partial charge in [-0.3, -0.25) is 0 Å². The molecule has 3 rings (SSSR count). The van der Waals surface area contributed by atoms with Gasteiger partial charge in [0.1, 0.15) is 0 Å². The van der Waals surface area contributed by atoms with Crippen LogP contribution in [0.1, 0.15) is 46.5 Å². The van der Waals surface area contributed by atoms with Gasteiger partial charge in [0.2, 0.25) is 0 Å². The minimum absolute atomic E-state index is 0.0997. The molecular weight excluding hydrogens is 248 g/mol. The fourth-order valence-electron chi connectivity index (χ4n) is 7.10. The summed E-state index contributed by atoms with van der Waals surface area (Å²) in [6, 6.07) is 0. The van der Waals surface area contributed by atoms with Gasteiger partial charge >= 0.3 is 0 Å². The summed E-state index contributed by atoms with van der Waals surface area (Å²) in [5, 5.41) is 22.4. The van der Waals surface area contributed by atoms with Gasteiger partial charge in [-0.2, -0.15) is 0 Å². The van der Waals surface area contributed by atoms with Crippen molar-refractivity contribution in [3.63, 3.8) is 0 Å². The smallest absolute Gasteiger partial charge is 0.0747 e. The topological polar surface area (TPSA) is 40.5 Å². The number of aliphatic hydroxyl groups is 2. The summed E-state index contributed by atoms with van der Waals surface area (Å²) in [5.41, 5.74) is -1.46. The summed E-state index contributed by atoms with van der Waals surface area (Å²) in [5.74, 6) is 1.11. The largest absolute Gasteiger partial charge is 0.389 e. The van der Waals surface area contributed by atoms with E-state index >= 15 is 0 Å². The Morgan fingerprint density at radius 2 is 1.60 bits per heavy atom. The summed E-state index contributed by atoms with van der Waals surface area (Å²) in [6.07, 6.45) is 6.61. The molecule has 2 N–H and O–H groups in total. The molecule has 1 spiro atoms. The SMILES string of the molecule is C=CC[C@]1(O)C[C@@H](C)C23[C@H](C)C[C@@](O)(CC=C)[C@]2(C)[C@H]31. The average molecular weight is 276 g/mol. The zero-order valence-electron chi connectivity index (χ0n) is 13.0. The quantitative estimate of drug-likeness (QED) is 0.773. The van der Waals surface area contributed by atoms with Gasteiger partial charge in [-0.05, 0) is 42.9 Å². The summed E-state index contributed by atoms with van der Waals surface area (Å²) in [4.78, 5) is 0. The zero-order chi connectivity index (χ0) is 15.0. The Balaban J connectivity index is 2.08. The molecule has 0 aromatic heterocycles. The molecule has 0 aliphatic heterocycles. The molecule has 0 radical (unpaired) electrons. The highest BCUT2D eigenvalue weighted by Crippen LogP contribution is 2.91. The third-order valence-corrected chi connectivity index (χ3v) is 7.29. The number of hydrogen-bond acceptors (Lipinski definition) is 2. The molecule has 2 nitrogen and oxygen atoms in total. The Morgan fingerprint density at radius 3 is 2.15 bits per heavy atom. The second kappa shape index (κ2) is 3.78. The Labute approximate surface area is 122 Å². The van der Waals surface area contributed by atoms with Gasteiger partial charge in [0, 0.05) is 11.3 Å². The van der Waals surface area contributed by atoms with E-state index in [2.05, 4.69) is 33.9 Å². The molecule has 7 atom stereocenters. The Bertz CT molecular complexity index is 466. The third kappa shape index (κ3) is 1.16. The van der Waals surface area contributed by atoms with E-state index in [4.69, 9.17) is 0 Å². The Kier molecular flexibility index (Phi) is 2.71. The maximum atomic E-state index is 11.2. The van der Waals surface area contributed by atoms with Crippen molar-refractivity contribution in [1.82, 2.24) is 0 Å². The van der Waals surface area contributed by atoms with Crippen molar-refractivity contribution >= 4 is 0 Å². The molecular formula is C18H28O2. The number of hydrogen-bond donors (Lipinski definition) is 2. The number of fused-ring (bicyclic) bond motifs is 1. The van der Waals surface area contributed by atoms with Gasteiger partial charge in [-0.15, -0.1) is 13.2 Å². The second-order valence-electron chi connectivity index (χ2n) is 7.90. The van der Waals surface area contributed by atoms with E-state index in [1.807, 2.05) is 12.2 Å². The molecule has 20 heavy (non-hydrogen) atoms. The summed E-state index contributed by atoms with van der Waals surface area (Å²) in [6.45, 7) is 14.4. The van der Waals surface area contributed by atoms with E-state index in [-0.39, 0.29) is 16.7 Å². The molecule has 0 amide bonds. The van der Waals surface area contributed by atoms with Crippen molar-refractivity contribution in [2.45, 2.75) is 57.7 Å². The highest BCUT2D eigenvalue weighted by molar-refractivity contribution is 5.41. The van der Waals surface area contributed by atoms with Crippen molar-refractivity contribution in [1.29, 1.82) is 0 Å². The van der Waals surface area contributed by atoms with Gasteiger partial charge < -0.3 is 10.2 Å². The molecule has 0 saturated heterocycles. The van der Waals surface area contributed by atoms with Crippen LogP contribution < -0.4 is 0 Å². The molecule has 3 fully saturated rings. The van der Waals surface area contributed by atoms with E-state index < -0.39 is 11.2 Å². The van der Waals surface area contributed by atoms with Crippen LogP contribution in [0.2, 0.25) is 0 Å². The van der Waals surface area contributed by atoms with Gasteiger partial charge in [0.15, 0.2) is 0 Å². The van der Waals surface area contributed by atoms with Crippen molar-refractivity contribution in [3.8, 4) is 0 Å². The van der Waals surface area contributed by atoms with Crippen molar-refractivity contribution in [3.05, 3.63) is 25.3 Å². The lowest BCUT2D eigenvalue weighted by Gasteiger charge is -2.38. The van der Waals surface area contributed by atoms with Crippen molar-refractivity contribution in [2.75, 3.05) is 0 Å². The second-order valence-corrected chi connectivity index (χ2v) is 7.90. The van der Waals surface area contributed by atoms with Crippen LogP contribution in [0.3, 0.4) is 0 Å². The fraction of sp³-hybridized carbons (Fsp3) is 0.778. The first kappa shape index (κ1) is 14.3. The molecule has 2 heteroatoms. The number of rotatable bonds is 4. The summed E-state index contributed by atoms with van der Waals surface area (Å²) >= 11 is 0. The standard InChI is InChI=1S/C18H28O2/c1-6-8-16(19)10-12(3)18-13(4)11-17(20,9-7-2)15(18,5)14(16)18/h6-7,12-14,19-20H,1-2,8-11H2,3-5H3/t12-,13-,14+,15+,16+,17+,18?/m1/s1. The Morgan fingerprint density at radius 1 is 1.05 bits per heavy atom. The predicted molar refractivity (Wildman–Crippen MR) is 81.1 cm³/mol. The van der Waals surface area contributed by atoms with Crippen LogP contribution in [0.5, 0.6) is 0 Å². The minimum atomic E-state index is -0.706. The normalized spacial score (nSPS) is 60.0.